The second-order valence-electron chi connectivity index (χ2n) is 7.61. The van der Waals surface area contributed by atoms with Crippen molar-refractivity contribution in [2.24, 2.45) is 0 Å². The van der Waals surface area contributed by atoms with Gasteiger partial charge >= 0.3 is 0 Å². The number of aryl methyl sites for hydroxylation is 1. The van der Waals surface area contributed by atoms with Gasteiger partial charge in [-0.1, -0.05) is 42.0 Å². The van der Waals surface area contributed by atoms with E-state index in [0.717, 1.165) is 29.7 Å². The third-order valence-corrected chi connectivity index (χ3v) is 5.55. The number of amides is 1. The Labute approximate surface area is 169 Å². The molecular formula is C24H23FN2O2. The first-order valence-electron chi connectivity index (χ1n) is 9.82. The standard InChI is InChI=1S/C24H23FN2O2/c1-14-10-12-16(13-11-14)22-21(24(29)27-18-7-4-3-6-17(18)25)15(2)26-19-8-5-9-20(28)23(19)22/h3-4,6-7,10-13,22,26H,5,8-9H2,1-2H3,(H,27,29)/t22-/m1/s1. The molecule has 0 bridgehead atoms. The average Bonchev–Trinajstić information content (AvgIpc) is 2.69. The van der Waals surface area contributed by atoms with Crippen LogP contribution >= 0.6 is 0 Å². The minimum absolute atomic E-state index is 0.0630. The first-order chi connectivity index (χ1) is 14.0. The molecule has 2 N–H and O–H groups in total. The van der Waals surface area contributed by atoms with Crippen LogP contribution in [0, 0.1) is 12.7 Å². The third kappa shape index (κ3) is 3.60. The van der Waals surface area contributed by atoms with Crippen LogP contribution in [0.1, 0.15) is 43.2 Å². The lowest BCUT2D eigenvalue weighted by molar-refractivity contribution is -0.116. The molecule has 0 spiro atoms. The number of nitrogens with one attached hydrogen (secondary N) is 2. The number of carbonyl (C=O) groups is 2. The number of carbonyl (C=O) groups excluding carboxylic acids is 2. The van der Waals surface area contributed by atoms with Crippen LogP contribution in [-0.2, 0) is 9.59 Å². The van der Waals surface area contributed by atoms with E-state index in [4.69, 9.17) is 0 Å². The number of hydrogen-bond acceptors (Lipinski definition) is 3. The fourth-order valence-electron chi connectivity index (χ4n) is 4.13. The number of anilines is 1. The zero-order valence-electron chi connectivity index (χ0n) is 16.5. The molecule has 2 aliphatic rings. The summed E-state index contributed by atoms with van der Waals surface area (Å²) < 4.78 is 14.1. The molecule has 29 heavy (non-hydrogen) atoms. The molecule has 148 valence electrons. The Kier molecular flexibility index (Phi) is 5.05. The molecule has 0 saturated carbocycles. The molecule has 0 fully saturated rings. The van der Waals surface area contributed by atoms with Crippen molar-refractivity contribution in [3.8, 4) is 0 Å². The molecule has 2 aromatic carbocycles. The van der Waals surface area contributed by atoms with Gasteiger partial charge in [-0.25, -0.2) is 4.39 Å². The van der Waals surface area contributed by atoms with Gasteiger partial charge in [0.25, 0.3) is 5.91 Å². The lowest BCUT2D eigenvalue weighted by Crippen LogP contribution is -2.35. The number of Topliss-reactive ketones (excluding diaryl/α,β-unsaturated/α-hetero) is 1. The van der Waals surface area contributed by atoms with Gasteiger partial charge in [0.2, 0.25) is 0 Å². The molecule has 1 amide bonds. The maximum atomic E-state index is 14.1. The maximum Gasteiger partial charge on any atom is 0.254 e. The Morgan fingerprint density at radius 1 is 1.07 bits per heavy atom. The van der Waals surface area contributed by atoms with Gasteiger partial charge in [0.1, 0.15) is 5.82 Å². The summed E-state index contributed by atoms with van der Waals surface area (Å²) in [6.45, 7) is 3.83. The summed E-state index contributed by atoms with van der Waals surface area (Å²) in [6.07, 6.45) is 2.06. The smallest absolute Gasteiger partial charge is 0.254 e. The molecule has 1 aliphatic heterocycles. The van der Waals surface area contributed by atoms with Crippen LogP contribution < -0.4 is 10.6 Å². The predicted molar refractivity (Wildman–Crippen MR) is 111 cm³/mol. The molecule has 0 radical (unpaired) electrons. The Balaban J connectivity index is 1.79. The predicted octanol–water partition coefficient (Wildman–Crippen LogP) is 4.74. The number of rotatable bonds is 3. The van der Waals surface area contributed by atoms with E-state index in [0.29, 0.717) is 23.3 Å². The van der Waals surface area contributed by atoms with Crippen LogP contribution in [0.4, 0.5) is 10.1 Å². The van der Waals surface area contributed by atoms with Crippen molar-refractivity contribution < 1.29 is 14.0 Å². The SMILES string of the molecule is CC1=C(C(=O)Nc2ccccc2F)[C@@H](c2ccc(C)cc2)C2=C(CCCC2=O)N1. The second-order valence-corrected chi connectivity index (χ2v) is 7.61. The first-order valence-corrected chi connectivity index (χ1v) is 9.82. The number of para-hydroxylation sites is 1. The third-order valence-electron chi connectivity index (χ3n) is 5.55. The van der Waals surface area contributed by atoms with Crippen LogP contribution in [0.5, 0.6) is 0 Å². The minimum Gasteiger partial charge on any atom is -0.362 e. The average molecular weight is 390 g/mol. The Morgan fingerprint density at radius 2 is 1.79 bits per heavy atom. The monoisotopic (exact) mass is 390 g/mol. The van der Waals surface area contributed by atoms with Crippen molar-refractivity contribution >= 4 is 17.4 Å². The van der Waals surface area contributed by atoms with E-state index in [1.165, 1.54) is 12.1 Å². The molecule has 4 rings (SSSR count). The fourth-order valence-corrected chi connectivity index (χ4v) is 4.13. The van der Waals surface area contributed by atoms with E-state index >= 15 is 0 Å². The van der Waals surface area contributed by atoms with Gasteiger partial charge in [-0.15, -0.1) is 0 Å². The highest BCUT2D eigenvalue weighted by Crippen LogP contribution is 2.42. The van der Waals surface area contributed by atoms with E-state index in [1.807, 2.05) is 38.1 Å². The highest BCUT2D eigenvalue weighted by Gasteiger charge is 2.38. The van der Waals surface area contributed by atoms with E-state index in [1.54, 1.807) is 12.1 Å². The molecule has 4 nitrogen and oxygen atoms in total. The molecule has 1 atom stereocenters. The van der Waals surface area contributed by atoms with Crippen molar-refractivity contribution in [3.05, 3.63) is 88.0 Å². The van der Waals surface area contributed by atoms with Crippen LogP contribution in [0.2, 0.25) is 0 Å². The summed E-state index contributed by atoms with van der Waals surface area (Å²) in [5, 5.41) is 5.96. The molecule has 1 heterocycles. The maximum absolute atomic E-state index is 14.1. The van der Waals surface area contributed by atoms with E-state index in [2.05, 4.69) is 10.6 Å². The van der Waals surface area contributed by atoms with Crippen molar-refractivity contribution in [3.63, 3.8) is 0 Å². The van der Waals surface area contributed by atoms with E-state index in [-0.39, 0.29) is 11.5 Å². The summed E-state index contributed by atoms with van der Waals surface area (Å²) in [5.41, 5.74) is 4.80. The highest BCUT2D eigenvalue weighted by atomic mass is 19.1. The van der Waals surface area contributed by atoms with Crippen molar-refractivity contribution in [1.82, 2.24) is 5.32 Å². The number of hydrogen-bond donors (Lipinski definition) is 2. The van der Waals surface area contributed by atoms with E-state index in [9.17, 15) is 14.0 Å². The van der Waals surface area contributed by atoms with Crippen LogP contribution in [-0.4, -0.2) is 11.7 Å². The molecule has 0 aromatic heterocycles. The number of benzene rings is 2. The summed E-state index contributed by atoms with van der Waals surface area (Å²) >= 11 is 0. The van der Waals surface area contributed by atoms with Gasteiger partial charge in [0.15, 0.2) is 5.78 Å². The van der Waals surface area contributed by atoms with Gasteiger partial charge in [-0.2, -0.15) is 0 Å². The molecule has 2 aromatic rings. The van der Waals surface area contributed by atoms with Crippen molar-refractivity contribution in [2.75, 3.05) is 5.32 Å². The summed E-state index contributed by atoms with van der Waals surface area (Å²) in [4.78, 5) is 26.1. The molecule has 5 heteroatoms. The van der Waals surface area contributed by atoms with Gasteiger partial charge in [0, 0.05) is 34.9 Å². The normalized spacial score (nSPS) is 19.0. The fraction of sp³-hybridized carbons (Fsp3) is 0.250. The number of ketones is 1. The number of halogens is 1. The van der Waals surface area contributed by atoms with Crippen LogP contribution in [0.15, 0.2) is 71.1 Å². The minimum atomic E-state index is -0.497. The molecule has 1 aliphatic carbocycles. The Morgan fingerprint density at radius 3 is 2.52 bits per heavy atom. The Bertz CT molecular complexity index is 1050. The van der Waals surface area contributed by atoms with Crippen LogP contribution in [0.3, 0.4) is 0 Å². The highest BCUT2D eigenvalue weighted by molar-refractivity contribution is 6.09. The summed E-state index contributed by atoms with van der Waals surface area (Å²) in [7, 11) is 0. The van der Waals surface area contributed by atoms with Gasteiger partial charge in [0.05, 0.1) is 5.69 Å². The van der Waals surface area contributed by atoms with Gasteiger partial charge in [-0.05, 0) is 44.4 Å². The molecule has 0 saturated heterocycles. The largest absolute Gasteiger partial charge is 0.362 e. The first kappa shape index (κ1) is 19.1. The summed E-state index contributed by atoms with van der Waals surface area (Å²) in [5.74, 6) is -1.31. The number of allylic oxidation sites excluding steroid dienone is 3. The van der Waals surface area contributed by atoms with Gasteiger partial charge in [-0.3, -0.25) is 9.59 Å². The zero-order chi connectivity index (χ0) is 20.5. The lowest BCUT2D eigenvalue weighted by Gasteiger charge is -2.34. The molecule has 0 unspecified atom stereocenters. The number of dihydropyridines is 1. The van der Waals surface area contributed by atoms with Gasteiger partial charge < -0.3 is 10.6 Å². The van der Waals surface area contributed by atoms with Crippen molar-refractivity contribution in [1.29, 1.82) is 0 Å². The van der Waals surface area contributed by atoms with E-state index < -0.39 is 17.6 Å². The quantitative estimate of drug-likeness (QED) is 0.796. The second kappa shape index (κ2) is 7.66. The molecular weight excluding hydrogens is 367 g/mol. The van der Waals surface area contributed by atoms with Crippen LogP contribution in [0.25, 0.3) is 0 Å². The lowest BCUT2D eigenvalue weighted by atomic mass is 9.75. The Hall–Kier alpha value is -3.21. The van der Waals surface area contributed by atoms with Crippen molar-refractivity contribution in [2.45, 2.75) is 39.0 Å². The zero-order valence-corrected chi connectivity index (χ0v) is 16.5. The topological polar surface area (TPSA) is 58.2 Å². The summed E-state index contributed by atoms with van der Waals surface area (Å²) in [6, 6.07) is 13.9.